The van der Waals surface area contributed by atoms with Gasteiger partial charge >= 0.3 is 0 Å². The third kappa shape index (κ3) is 3.72. The lowest BCUT2D eigenvalue weighted by Crippen LogP contribution is -2.46. The van der Waals surface area contributed by atoms with E-state index in [9.17, 15) is 0 Å². The maximum atomic E-state index is 6.13. The number of aromatic nitrogens is 1. The summed E-state index contributed by atoms with van der Waals surface area (Å²) in [6.07, 6.45) is 1.63. The van der Waals surface area contributed by atoms with Crippen LogP contribution in [0.15, 0.2) is 12.3 Å². The second-order valence-corrected chi connectivity index (χ2v) is 5.32. The Labute approximate surface area is 118 Å². The fourth-order valence-electron chi connectivity index (χ4n) is 2.02. The Kier molecular flexibility index (Phi) is 5.06. The average Bonchev–Trinajstić information content (AvgIpc) is 2.37. The minimum Gasteiger partial charge on any atom is -0.357 e. The maximum absolute atomic E-state index is 6.13. The Bertz CT molecular complexity index is 394. The zero-order chi connectivity index (χ0) is 13.0. The molecule has 100 valence electrons. The fraction of sp³-hybridized carbons (Fsp3) is 0.583. The number of rotatable bonds is 4. The topological polar surface area (TPSA) is 31.4 Å². The number of likely N-dealkylation sites (N-methyl/N-ethyl adjacent to an activating group) is 1. The largest absolute Gasteiger partial charge is 0.357 e. The summed E-state index contributed by atoms with van der Waals surface area (Å²) in [5.41, 5.74) is 0. The molecule has 1 aromatic rings. The highest BCUT2D eigenvalue weighted by atomic mass is 35.5. The highest BCUT2D eigenvalue weighted by Gasteiger charge is 2.12. The second kappa shape index (κ2) is 6.57. The molecular weight excluding hydrogens is 271 g/mol. The van der Waals surface area contributed by atoms with Crippen LogP contribution < -0.4 is 10.2 Å². The molecule has 1 saturated heterocycles. The Morgan fingerprint density at radius 3 is 2.78 bits per heavy atom. The molecule has 0 saturated carbocycles. The summed E-state index contributed by atoms with van der Waals surface area (Å²) in [4.78, 5) is 8.78. The van der Waals surface area contributed by atoms with Gasteiger partial charge in [0.1, 0.15) is 5.82 Å². The van der Waals surface area contributed by atoms with Crippen molar-refractivity contribution in [2.24, 2.45) is 0 Å². The molecular formula is C12H18Cl2N4. The highest BCUT2D eigenvalue weighted by Crippen LogP contribution is 2.24. The highest BCUT2D eigenvalue weighted by molar-refractivity contribution is 6.35. The molecule has 0 radical (unpaired) electrons. The van der Waals surface area contributed by atoms with Crippen LogP contribution in [0.1, 0.15) is 0 Å². The molecule has 0 unspecified atom stereocenters. The summed E-state index contributed by atoms with van der Waals surface area (Å²) in [5.74, 6) is 0.788. The van der Waals surface area contributed by atoms with Gasteiger partial charge in [0.05, 0.1) is 10.0 Å². The van der Waals surface area contributed by atoms with Crippen molar-refractivity contribution in [2.45, 2.75) is 0 Å². The van der Waals surface area contributed by atoms with Crippen LogP contribution in [-0.2, 0) is 0 Å². The molecule has 0 spiro atoms. The van der Waals surface area contributed by atoms with E-state index in [1.54, 1.807) is 12.3 Å². The van der Waals surface area contributed by atoms with E-state index in [1.165, 1.54) is 0 Å². The van der Waals surface area contributed by atoms with Crippen LogP contribution in [0.2, 0.25) is 10.0 Å². The molecule has 0 amide bonds. The molecule has 6 heteroatoms. The van der Waals surface area contributed by atoms with E-state index in [0.717, 1.165) is 45.1 Å². The molecule has 2 rings (SSSR count). The molecule has 1 aromatic heterocycles. The van der Waals surface area contributed by atoms with Gasteiger partial charge in [-0.2, -0.15) is 0 Å². The number of pyridine rings is 1. The lowest BCUT2D eigenvalue weighted by Gasteiger charge is -2.29. The molecule has 2 heterocycles. The zero-order valence-corrected chi connectivity index (χ0v) is 12.0. The van der Waals surface area contributed by atoms with Crippen LogP contribution in [-0.4, -0.2) is 56.2 Å². The molecule has 1 aliphatic rings. The maximum Gasteiger partial charge on any atom is 0.147 e. The van der Waals surface area contributed by atoms with E-state index in [0.29, 0.717) is 10.0 Å². The van der Waals surface area contributed by atoms with Crippen molar-refractivity contribution >= 4 is 29.0 Å². The fourth-order valence-corrected chi connectivity index (χ4v) is 2.54. The van der Waals surface area contributed by atoms with Crippen molar-refractivity contribution in [3.05, 3.63) is 22.3 Å². The van der Waals surface area contributed by atoms with Gasteiger partial charge in [0.2, 0.25) is 0 Å². The predicted molar refractivity (Wildman–Crippen MR) is 76.8 cm³/mol. The Morgan fingerprint density at radius 1 is 1.39 bits per heavy atom. The number of piperazine rings is 1. The van der Waals surface area contributed by atoms with Gasteiger partial charge in [-0.05, 0) is 6.07 Å². The molecule has 0 atom stereocenters. The second-order valence-electron chi connectivity index (χ2n) is 4.47. The minimum atomic E-state index is 0.569. The summed E-state index contributed by atoms with van der Waals surface area (Å²) >= 11 is 12.0. The standard InChI is InChI=1S/C12H18Cl2N4/c1-17(6-7-18-4-2-15-3-5-18)12-11(14)8-10(13)9-16-12/h8-9,15H,2-7H2,1H3. The van der Waals surface area contributed by atoms with Crippen molar-refractivity contribution < 1.29 is 0 Å². The van der Waals surface area contributed by atoms with Gasteiger partial charge < -0.3 is 10.2 Å². The van der Waals surface area contributed by atoms with Crippen molar-refractivity contribution in [1.82, 2.24) is 15.2 Å². The normalized spacial score (nSPS) is 16.8. The quantitative estimate of drug-likeness (QED) is 0.914. The van der Waals surface area contributed by atoms with E-state index in [-0.39, 0.29) is 0 Å². The lowest BCUT2D eigenvalue weighted by atomic mass is 10.3. The van der Waals surface area contributed by atoms with Gasteiger partial charge in [-0.1, -0.05) is 23.2 Å². The van der Waals surface area contributed by atoms with Gasteiger partial charge in [-0.3, -0.25) is 4.90 Å². The molecule has 18 heavy (non-hydrogen) atoms. The summed E-state index contributed by atoms with van der Waals surface area (Å²) in [5, 5.41) is 4.52. The zero-order valence-electron chi connectivity index (χ0n) is 10.5. The lowest BCUT2D eigenvalue weighted by molar-refractivity contribution is 0.246. The first-order chi connectivity index (χ1) is 8.66. The van der Waals surface area contributed by atoms with Crippen LogP contribution in [0, 0.1) is 0 Å². The molecule has 0 bridgehead atoms. The van der Waals surface area contributed by atoms with E-state index in [4.69, 9.17) is 23.2 Å². The van der Waals surface area contributed by atoms with Crippen LogP contribution in [0.25, 0.3) is 0 Å². The van der Waals surface area contributed by atoms with Crippen LogP contribution in [0.5, 0.6) is 0 Å². The molecule has 0 aliphatic carbocycles. The third-order valence-electron chi connectivity index (χ3n) is 3.11. The van der Waals surface area contributed by atoms with Crippen molar-refractivity contribution in [3.63, 3.8) is 0 Å². The van der Waals surface area contributed by atoms with Gasteiger partial charge in [0.25, 0.3) is 0 Å². The van der Waals surface area contributed by atoms with Gasteiger partial charge in [-0.15, -0.1) is 0 Å². The average molecular weight is 289 g/mol. The Balaban J connectivity index is 1.88. The molecule has 1 N–H and O–H groups in total. The first kappa shape index (κ1) is 13.9. The number of hydrogen-bond acceptors (Lipinski definition) is 4. The number of halogens is 2. The predicted octanol–water partition coefficient (Wildman–Crippen LogP) is 1.73. The Morgan fingerprint density at radius 2 is 2.11 bits per heavy atom. The first-order valence-electron chi connectivity index (χ1n) is 6.12. The number of nitrogens with one attached hydrogen (secondary N) is 1. The van der Waals surface area contributed by atoms with Gasteiger partial charge in [0, 0.05) is 52.5 Å². The van der Waals surface area contributed by atoms with Crippen LogP contribution in [0.3, 0.4) is 0 Å². The number of nitrogens with zero attached hydrogens (tertiary/aromatic N) is 3. The number of hydrogen-bond donors (Lipinski definition) is 1. The monoisotopic (exact) mass is 288 g/mol. The van der Waals surface area contributed by atoms with E-state index in [2.05, 4.69) is 20.1 Å². The van der Waals surface area contributed by atoms with Crippen LogP contribution in [0.4, 0.5) is 5.82 Å². The Hall–Kier alpha value is -0.550. The third-order valence-corrected chi connectivity index (χ3v) is 3.60. The van der Waals surface area contributed by atoms with Crippen molar-refractivity contribution in [1.29, 1.82) is 0 Å². The first-order valence-corrected chi connectivity index (χ1v) is 6.87. The van der Waals surface area contributed by atoms with Gasteiger partial charge in [-0.25, -0.2) is 4.98 Å². The SMILES string of the molecule is CN(CCN1CCNCC1)c1ncc(Cl)cc1Cl. The van der Waals surface area contributed by atoms with Crippen LogP contribution >= 0.6 is 23.2 Å². The molecule has 0 aromatic carbocycles. The molecule has 4 nitrogen and oxygen atoms in total. The molecule has 1 aliphatic heterocycles. The van der Waals surface area contributed by atoms with Crippen molar-refractivity contribution in [2.75, 3.05) is 51.2 Å². The van der Waals surface area contributed by atoms with Crippen molar-refractivity contribution in [3.8, 4) is 0 Å². The van der Waals surface area contributed by atoms with Gasteiger partial charge in [0.15, 0.2) is 0 Å². The number of anilines is 1. The van der Waals surface area contributed by atoms with E-state index in [1.807, 2.05) is 7.05 Å². The summed E-state index contributed by atoms with van der Waals surface area (Å²) < 4.78 is 0. The summed E-state index contributed by atoms with van der Waals surface area (Å²) in [6.45, 7) is 6.30. The molecule has 1 fully saturated rings. The summed E-state index contributed by atoms with van der Waals surface area (Å²) in [6, 6.07) is 1.73. The smallest absolute Gasteiger partial charge is 0.147 e. The summed E-state index contributed by atoms with van der Waals surface area (Å²) in [7, 11) is 2.00. The van der Waals surface area contributed by atoms with E-state index >= 15 is 0 Å². The minimum absolute atomic E-state index is 0.569. The van der Waals surface area contributed by atoms with E-state index < -0.39 is 0 Å².